The summed E-state index contributed by atoms with van der Waals surface area (Å²) in [6, 6.07) is 6.05. The van der Waals surface area contributed by atoms with Crippen molar-refractivity contribution in [3.05, 3.63) is 34.4 Å². The maximum atomic E-state index is 10.6. The van der Waals surface area contributed by atoms with Crippen molar-refractivity contribution in [3.63, 3.8) is 0 Å². The van der Waals surface area contributed by atoms with Crippen molar-refractivity contribution in [2.24, 2.45) is 5.73 Å². The van der Waals surface area contributed by atoms with E-state index < -0.39 is 17.1 Å². The quantitative estimate of drug-likeness (QED) is 0.566. The van der Waals surface area contributed by atoms with E-state index in [9.17, 15) is 14.9 Å². The number of nitrogens with two attached hydrogens (primary N) is 1. The molecular formula is C12H16N2O6. The van der Waals surface area contributed by atoms with Gasteiger partial charge in [-0.05, 0) is 24.3 Å². The van der Waals surface area contributed by atoms with Gasteiger partial charge in [-0.3, -0.25) is 10.1 Å². The van der Waals surface area contributed by atoms with Crippen LogP contribution in [0.5, 0.6) is 11.5 Å². The molecule has 110 valence electrons. The first-order valence-electron chi connectivity index (χ1n) is 5.86. The monoisotopic (exact) mass is 284 g/mol. The molecule has 2 N–H and O–H groups in total. The second-order valence-electron chi connectivity index (χ2n) is 3.93. The van der Waals surface area contributed by atoms with Crippen LogP contribution in [0, 0.1) is 10.1 Å². The number of benzene rings is 1. The van der Waals surface area contributed by atoms with E-state index in [1.807, 2.05) is 0 Å². The fraction of sp³-hybridized carbons (Fsp3) is 0.417. The van der Waals surface area contributed by atoms with Gasteiger partial charge in [0, 0.05) is 25.1 Å². The molecule has 0 heterocycles. The largest absolute Gasteiger partial charge is 0.483 e. The number of amides is 1. The van der Waals surface area contributed by atoms with E-state index >= 15 is 0 Å². The lowest BCUT2D eigenvalue weighted by molar-refractivity contribution is -0.489. The molecule has 0 spiro atoms. The third-order valence-corrected chi connectivity index (χ3v) is 2.34. The molecule has 8 nitrogen and oxygen atoms in total. The lowest BCUT2D eigenvalue weighted by atomic mass is 10.2. The van der Waals surface area contributed by atoms with Crippen molar-refractivity contribution in [1.29, 1.82) is 0 Å². The molecule has 1 aromatic carbocycles. The van der Waals surface area contributed by atoms with Gasteiger partial charge in [0.15, 0.2) is 6.10 Å². The molecule has 1 rings (SSSR count). The summed E-state index contributed by atoms with van der Waals surface area (Å²) in [7, 11) is 1.51. The Hall–Kier alpha value is -2.35. The summed E-state index contributed by atoms with van der Waals surface area (Å²) in [6.45, 7) is 0.0459. The van der Waals surface area contributed by atoms with Crippen molar-refractivity contribution in [2.45, 2.75) is 12.5 Å². The number of hydrogen-bond donors (Lipinski definition) is 1. The van der Waals surface area contributed by atoms with E-state index in [2.05, 4.69) is 4.74 Å². The molecule has 1 amide bonds. The Balaban J connectivity index is 2.62. The third kappa shape index (κ3) is 6.01. The van der Waals surface area contributed by atoms with E-state index in [0.29, 0.717) is 18.8 Å². The number of nitrogens with zero attached hydrogens (tertiary/aromatic N) is 1. The van der Waals surface area contributed by atoms with Crippen LogP contribution in [0.15, 0.2) is 24.3 Å². The SMILES string of the molecule is COCCC(C[N+](=O)[O-])Oc1ccc(OC(N)=O)cc1. The van der Waals surface area contributed by atoms with Gasteiger partial charge in [-0.2, -0.15) is 0 Å². The van der Waals surface area contributed by atoms with Crippen molar-refractivity contribution in [1.82, 2.24) is 0 Å². The van der Waals surface area contributed by atoms with E-state index in [4.69, 9.17) is 15.2 Å². The molecule has 0 aliphatic heterocycles. The summed E-state index contributed by atoms with van der Waals surface area (Å²) in [5.41, 5.74) is 4.87. The Morgan fingerprint density at radius 3 is 2.45 bits per heavy atom. The van der Waals surface area contributed by atoms with Gasteiger partial charge in [0.05, 0.1) is 0 Å². The molecule has 0 saturated heterocycles. The maximum Gasteiger partial charge on any atom is 0.409 e. The Kier molecular flexibility index (Phi) is 6.24. The van der Waals surface area contributed by atoms with E-state index in [1.54, 1.807) is 0 Å². The summed E-state index contributed by atoms with van der Waals surface area (Å²) >= 11 is 0. The minimum Gasteiger partial charge on any atom is -0.483 e. The Labute approximate surface area is 115 Å². The second kappa shape index (κ2) is 7.95. The lowest BCUT2D eigenvalue weighted by Gasteiger charge is -2.15. The van der Waals surface area contributed by atoms with Crippen LogP contribution in [0.4, 0.5) is 4.79 Å². The first kappa shape index (κ1) is 15.7. The molecular weight excluding hydrogens is 268 g/mol. The summed E-state index contributed by atoms with van der Waals surface area (Å²) < 4.78 is 15.0. The van der Waals surface area contributed by atoms with Gasteiger partial charge >= 0.3 is 6.09 Å². The molecule has 0 aliphatic rings. The molecule has 0 aliphatic carbocycles. The zero-order valence-corrected chi connectivity index (χ0v) is 11.0. The van der Waals surface area contributed by atoms with Crippen LogP contribution >= 0.6 is 0 Å². The molecule has 0 aromatic heterocycles. The predicted molar refractivity (Wildman–Crippen MR) is 69.4 cm³/mol. The summed E-state index contributed by atoms with van der Waals surface area (Å²) in [5, 5.41) is 10.6. The zero-order valence-electron chi connectivity index (χ0n) is 11.0. The molecule has 20 heavy (non-hydrogen) atoms. The molecule has 1 unspecified atom stereocenters. The van der Waals surface area contributed by atoms with Crippen LogP contribution in [-0.4, -0.2) is 37.4 Å². The van der Waals surface area contributed by atoms with Crippen molar-refractivity contribution >= 4 is 6.09 Å². The smallest absolute Gasteiger partial charge is 0.409 e. The molecule has 0 saturated carbocycles. The third-order valence-electron chi connectivity index (χ3n) is 2.34. The Morgan fingerprint density at radius 1 is 1.35 bits per heavy atom. The predicted octanol–water partition coefficient (Wildman–Crippen LogP) is 1.20. The van der Waals surface area contributed by atoms with Crippen LogP contribution in [0.25, 0.3) is 0 Å². The van der Waals surface area contributed by atoms with Crippen molar-refractivity contribution in [2.75, 3.05) is 20.3 Å². The second-order valence-corrected chi connectivity index (χ2v) is 3.93. The van der Waals surface area contributed by atoms with Gasteiger partial charge in [0.2, 0.25) is 6.54 Å². The van der Waals surface area contributed by atoms with Gasteiger partial charge in [0.25, 0.3) is 0 Å². The van der Waals surface area contributed by atoms with Crippen molar-refractivity contribution in [3.8, 4) is 11.5 Å². The molecule has 8 heteroatoms. The van der Waals surface area contributed by atoms with E-state index in [1.165, 1.54) is 31.4 Å². The lowest BCUT2D eigenvalue weighted by Crippen LogP contribution is -2.27. The van der Waals surface area contributed by atoms with Gasteiger partial charge in [0.1, 0.15) is 11.5 Å². The number of carbonyl (C=O) groups is 1. The van der Waals surface area contributed by atoms with Gasteiger partial charge in [-0.1, -0.05) is 0 Å². The number of primary amides is 1. The zero-order chi connectivity index (χ0) is 15.0. The highest BCUT2D eigenvalue weighted by Gasteiger charge is 2.17. The average molecular weight is 284 g/mol. The number of ether oxygens (including phenoxy) is 3. The van der Waals surface area contributed by atoms with Crippen LogP contribution in [0.3, 0.4) is 0 Å². The summed E-state index contributed by atoms with van der Waals surface area (Å²) in [5.74, 6) is 0.706. The highest BCUT2D eigenvalue weighted by molar-refractivity contribution is 5.68. The molecule has 1 aromatic rings. The van der Waals surface area contributed by atoms with E-state index in [-0.39, 0.29) is 12.3 Å². The number of methoxy groups -OCH3 is 1. The summed E-state index contributed by atoms with van der Waals surface area (Å²) in [6.07, 6.45) is -1.10. The van der Waals surface area contributed by atoms with E-state index in [0.717, 1.165) is 0 Å². The van der Waals surface area contributed by atoms with Crippen LogP contribution in [-0.2, 0) is 4.74 Å². The number of carbonyl (C=O) groups excluding carboxylic acids is 1. The Bertz CT molecular complexity index is 448. The highest BCUT2D eigenvalue weighted by Crippen LogP contribution is 2.19. The molecule has 0 radical (unpaired) electrons. The molecule has 1 atom stereocenters. The van der Waals surface area contributed by atoms with Crippen molar-refractivity contribution < 1.29 is 23.9 Å². The number of nitro groups is 1. The standard InChI is InChI=1S/C12H16N2O6/c1-18-7-6-11(8-14(16)17)19-9-2-4-10(5-3-9)20-12(13)15/h2-5,11H,6-8H2,1H3,(H2,13,15). The maximum absolute atomic E-state index is 10.6. The average Bonchev–Trinajstić information content (AvgIpc) is 2.37. The molecule has 0 fully saturated rings. The fourth-order valence-corrected chi connectivity index (χ4v) is 1.50. The first-order chi connectivity index (χ1) is 9.51. The number of rotatable bonds is 8. The minimum atomic E-state index is -0.912. The van der Waals surface area contributed by atoms with Crippen LogP contribution in [0.1, 0.15) is 6.42 Å². The molecule has 0 bridgehead atoms. The topological polar surface area (TPSA) is 114 Å². The minimum absolute atomic E-state index is 0.271. The van der Waals surface area contributed by atoms with Crippen LogP contribution in [0.2, 0.25) is 0 Å². The highest BCUT2D eigenvalue weighted by atomic mass is 16.6. The van der Waals surface area contributed by atoms with Gasteiger partial charge in [-0.15, -0.1) is 0 Å². The van der Waals surface area contributed by atoms with Crippen LogP contribution < -0.4 is 15.2 Å². The first-order valence-corrected chi connectivity index (χ1v) is 5.86. The van der Waals surface area contributed by atoms with Gasteiger partial charge < -0.3 is 19.9 Å². The summed E-state index contributed by atoms with van der Waals surface area (Å²) in [4.78, 5) is 20.7. The normalized spacial score (nSPS) is 11.7. The Morgan fingerprint density at radius 2 is 1.95 bits per heavy atom. The fourth-order valence-electron chi connectivity index (χ4n) is 1.50. The number of hydrogen-bond acceptors (Lipinski definition) is 6. The van der Waals surface area contributed by atoms with Gasteiger partial charge in [-0.25, -0.2) is 4.79 Å².